The molecule has 0 radical (unpaired) electrons. The number of aromatic nitrogens is 1. The number of hydrogen-bond acceptors (Lipinski definition) is 5. The van der Waals surface area contributed by atoms with Crippen molar-refractivity contribution in [1.82, 2.24) is 15.6 Å². The molecule has 1 aromatic heterocycles. The van der Waals surface area contributed by atoms with Gasteiger partial charge in [0.1, 0.15) is 23.8 Å². The van der Waals surface area contributed by atoms with Crippen molar-refractivity contribution >= 4 is 11.8 Å². The highest BCUT2D eigenvalue weighted by Crippen LogP contribution is 2.18. The van der Waals surface area contributed by atoms with Crippen LogP contribution in [0.5, 0.6) is 11.5 Å². The fraction of sp³-hybridized carbons (Fsp3) is 0.381. The highest BCUT2D eigenvalue weighted by Gasteiger charge is 2.19. The molecule has 0 aliphatic heterocycles. The maximum Gasteiger partial charge on any atom is 0.270 e. The first-order chi connectivity index (χ1) is 13.7. The van der Waals surface area contributed by atoms with Gasteiger partial charge in [-0.25, -0.2) is 0 Å². The molecule has 2 amide bonds. The number of pyridine rings is 1. The van der Waals surface area contributed by atoms with Crippen LogP contribution in [0, 0.1) is 0 Å². The summed E-state index contributed by atoms with van der Waals surface area (Å²) in [6.45, 7) is 0.644. The SMILES string of the molecule is COc1ccc(OCCNC(=O)c2cc(C(=O)NC3CCCC3)ccn2)cc1. The number of ether oxygens (including phenoxy) is 2. The van der Waals surface area contributed by atoms with E-state index in [0.29, 0.717) is 24.5 Å². The molecule has 1 saturated carbocycles. The van der Waals surface area contributed by atoms with Crippen molar-refractivity contribution in [1.29, 1.82) is 0 Å². The van der Waals surface area contributed by atoms with Gasteiger partial charge in [0.15, 0.2) is 0 Å². The molecule has 3 rings (SSSR count). The number of carbonyl (C=O) groups excluding carboxylic acids is 2. The molecule has 0 atom stereocenters. The van der Waals surface area contributed by atoms with Gasteiger partial charge in [-0.1, -0.05) is 12.8 Å². The van der Waals surface area contributed by atoms with Crippen molar-refractivity contribution in [2.24, 2.45) is 0 Å². The van der Waals surface area contributed by atoms with Gasteiger partial charge in [0.25, 0.3) is 11.8 Å². The second-order valence-corrected chi connectivity index (χ2v) is 6.66. The average Bonchev–Trinajstić information content (AvgIpc) is 3.24. The Hall–Kier alpha value is -3.09. The molecule has 1 heterocycles. The molecule has 0 saturated heterocycles. The Bertz CT molecular complexity index is 802. The molecular formula is C21H25N3O4. The maximum absolute atomic E-state index is 12.3. The third-order valence-electron chi connectivity index (χ3n) is 4.66. The normalized spacial score (nSPS) is 13.8. The summed E-state index contributed by atoms with van der Waals surface area (Å²) < 4.78 is 10.7. The first-order valence-electron chi connectivity index (χ1n) is 9.47. The average molecular weight is 383 g/mol. The number of benzene rings is 1. The first-order valence-corrected chi connectivity index (χ1v) is 9.47. The molecule has 1 aromatic carbocycles. The van der Waals surface area contributed by atoms with E-state index in [4.69, 9.17) is 9.47 Å². The van der Waals surface area contributed by atoms with E-state index < -0.39 is 0 Å². The third-order valence-corrected chi connectivity index (χ3v) is 4.66. The molecule has 28 heavy (non-hydrogen) atoms. The van der Waals surface area contributed by atoms with Crippen LogP contribution >= 0.6 is 0 Å². The van der Waals surface area contributed by atoms with Gasteiger partial charge in [-0.05, 0) is 49.2 Å². The molecule has 1 aliphatic rings. The van der Waals surface area contributed by atoms with E-state index in [0.717, 1.165) is 31.4 Å². The van der Waals surface area contributed by atoms with E-state index in [9.17, 15) is 9.59 Å². The van der Waals surface area contributed by atoms with E-state index in [2.05, 4.69) is 15.6 Å². The molecular weight excluding hydrogens is 358 g/mol. The molecule has 1 aliphatic carbocycles. The van der Waals surface area contributed by atoms with Crippen molar-refractivity contribution in [3.05, 3.63) is 53.9 Å². The summed E-state index contributed by atoms with van der Waals surface area (Å²) in [6.07, 6.45) is 5.80. The van der Waals surface area contributed by atoms with Gasteiger partial charge in [0, 0.05) is 17.8 Å². The molecule has 0 unspecified atom stereocenters. The molecule has 0 spiro atoms. The van der Waals surface area contributed by atoms with E-state index in [1.807, 2.05) is 0 Å². The Labute approximate surface area is 164 Å². The van der Waals surface area contributed by atoms with Gasteiger partial charge in [0.2, 0.25) is 0 Å². The predicted octanol–water partition coefficient (Wildman–Crippen LogP) is 2.57. The van der Waals surface area contributed by atoms with Crippen LogP contribution in [0.4, 0.5) is 0 Å². The van der Waals surface area contributed by atoms with Gasteiger partial charge in [-0.15, -0.1) is 0 Å². The van der Waals surface area contributed by atoms with Crippen molar-refractivity contribution < 1.29 is 19.1 Å². The summed E-state index contributed by atoms with van der Waals surface area (Å²) in [7, 11) is 1.60. The number of nitrogens with one attached hydrogen (secondary N) is 2. The van der Waals surface area contributed by atoms with Crippen LogP contribution in [0.2, 0.25) is 0 Å². The molecule has 7 nitrogen and oxygen atoms in total. The molecule has 2 N–H and O–H groups in total. The Morgan fingerprint density at radius 1 is 1.07 bits per heavy atom. The zero-order chi connectivity index (χ0) is 19.8. The van der Waals surface area contributed by atoms with Crippen molar-refractivity contribution in [3.63, 3.8) is 0 Å². The lowest BCUT2D eigenvalue weighted by Crippen LogP contribution is -2.33. The van der Waals surface area contributed by atoms with Crippen LogP contribution in [0.3, 0.4) is 0 Å². The topological polar surface area (TPSA) is 89.5 Å². The van der Waals surface area contributed by atoms with E-state index >= 15 is 0 Å². The predicted molar refractivity (Wildman–Crippen MR) is 105 cm³/mol. The van der Waals surface area contributed by atoms with Gasteiger partial charge >= 0.3 is 0 Å². The smallest absolute Gasteiger partial charge is 0.270 e. The molecule has 0 bridgehead atoms. The number of amides is 2. The minimum absolute atomic E-state index is 0.161. The summed E-state index contributed by atoms with van der Waals surface area (Å²) in [5.41, 5.74) is 0.657. The van der Waals surface area contributed by atoms with Gasteiger partial charge in [0.05, 0.1) is 13.7 Å². The van der Waals surface area contributed by atoms with E-state index in [-0.39, 0.29) is 23.6 Å². The van der Waals surface area contributed by atoms with Crippen LogP contribution in [-0.4, -0.2) is 43.1 Å². The largest absolute Gasteiger partial charge is 0.497 e. The highest BCUT2D eigenvalue weighted by atomic mass is 16.5. The lowest BCUT2D eigenvalue weighted by Gasteiger charge is -2.12. The van der Waals surface area contributed by atoms with Crippen LogP contribution in [0.25, 0.3) is 0 Å². The molecule has 148 valence electrons. The monoisotopic (exact) mass is 383 g/mol. The van der Waals surface area contributed by atoms with Gasteiger partial charge in [-0.3, -0.25) is 14.6 Å². The Balaban J connectivity index is 1.46. The minimum Gasteiger partial charge on any atom is -0.497 e. The summed E-state index contributed by atoms with van der Waals surface area (Å²) in [4.78, 5) is 28.7. The number of hydrogen-bond donors (Lipinski definition) is 2. The summed E-state index contributed by atoms with van der Waals surface area (Å²) >= 11 is 0. The molecule has 2 aromatic rings. The highest BCUT2D eigenvalue weighted by molar-refractivity contribution is 5.98. The summed E-state index contributed by atoms with van der Waals surface area (Å²) in [5, 5.41) is 5.76. The van der Waals surface area contributed by atoms with Gasteiger partial charge < -0.3 is 20.1 Å². The third kappa shape index (κ3) is 5.45. The zero-order valence-electron chi connectivity index (χ0n) is 15.9. The number of rotatable bonds is 8. The minimum atomic E-state index is -0.339. The fourth-order valence-electron chi connectivity index (χ4n) is 3.13. The first kappa shape index (κ1) is 19.7. The van der Waals surface area contributed by atoms with E-state index in [1.165, 1.54) is 12.3 Å². The zero-order valence-corrected chi connectivity index (χ0v) is 15.9. The maximum atomic E-state index is 12.3. The molecule has 7 heteroatoms. The summed E-state index contributed by atoms with van der Waals surface area (Å²) in [5.74, 6) is 0.947. The number of nitrogens with zero attached hydrogens (tertiary/aromatic N) is 1. The second kappa shape index (κ2) is 9.73. The summed E-state index contributed by atoms with van der Waals surface area (Å²) in [6, 6.07) is 10.6. The van der Waals surface area contributed by atoms with Crippen molar-refractivity contribution in [2.45, 2.75) is 31.7 Å². The number of carbonyl (C=O) groups is 2. The van der Waals surface area contributed by atoms with Crippen LogP contribution < -0.4 is 20.1 Å². The lowest BCUT2D eigenvalue weighted by atomic mass is 10.2. The lowest BCUT2D eigenvalue weighted by molar-refractivity contribution is 0.0937. The second-order valence-electron chi connectivity index (χ2n) is 6.66. The van der Waals surface area contributed by atoms with Gasteiger partial charge in [-0.2, -0.15) is 0 Å². The Morgan fingerprint density at radius 2 is 1.79 bits per heavy atom. The number of methoxy groups -OCH3 is 1. The quantitative estimate of drug-likeness (QED) is 0.684. The van der Waals surface area contributed by atoms with Crippen molar-refractivity contribution in [2.75, 3.05) is 20.3 Å². The fourth-order valence-corrected chi connectivity index (χ4v) is 3.13. The standard InChI is InChI=1S/C21H25N3O4/c1-27-17-6-8-18(9-7-17)28-13-12-23-21(26)19-14-15(10-11-22-19)20(25)24-16-4-2-3-5-16/h6-11,14,16H,2-5,12-13H2,1H3,(H,23,26)(H,24,25). The Morgan fingerprint density at radius 3 is 2.50 bits per heavy atom. The van der Waals surface area contributed by atoms with E-state index in [1.54, 1.807) is 37.4 Å². The Kier molecular flexibility index (Phi) is 6.84. The van der Waals surface area contributed by atoms with Crippen LogP contribution in [0.15, 0.2) is 42.6 Å². The van der Waals surface area contributed by atoms with Crippen LogP contribution in [-0.2, 0) is 0 Å². The van der Waals surface area contributed by atoms with Crippen LogP contribution in [0.1, 0.15) is 46.5 Å². The molecule has 1 fully saturated rings. The van der Waals surface area contributed by atoms with Crippen molar-refractivity contribution in [3.8, 4) is 11.5 Å².